The Kier molecular flexibility index (Phi) is 14.2. The van der Waals surface area contributed by atoms with Crippen LogP contribution in [0.15, 0.2) is 87.9 Å². The minimum absolute atomic E-state index is 0.00201. The number of amides is 2. The molecule has 2 bridgehead atoms. The fourth-order valence-electron chi connectivity index (χ4n) is 5.95. The molecule has 2 amide bonds. The number of fused-ring (bicyclic) bond motifs is 2. The van der Waals surface area contributed by atoms with Gasteiger partial charge in [0.1, 0.15) is 6.10 Å². The molecule has 5 N–H and O–H groups in total. The number of nitrogens with zero attached hydrogens (tertiary/aromatic N) is 4. The third-order valence-electron chi connectivity index (χ3n) is 8.73. The van der Waals surface area contributed by atoms with Crippen LogP contribution in [0.4, 0.5) is 10.5 Å². The van der Waals surface area contributed by atoms with Gasteiger partial charge in [-0.2, -0.15) is 0 Å². The minimum Gasteiger partial charge on any atom is -0.439 e. The van der Waals surface area contributed by atoms with Gasteiger partial charge in [0, 0.05) is 53.5 Å². The van der Waals surface area contributed by atoms with Crippen LogP contribution >= 0.6 is 0 Å². The van der Waals surface area contributed by atoms with E-state index in [1.54, 1.807) is 26.8 Å². The first-order valence-electron chi connectivity index (χ1n) is 16.2. The van der Waals surface area contributed by atoms with Gasteiger partial charge in [-0.05, 0) is 43.7 Å². The molecule has 1 aromatic rings. The maximum atomic E-state index is 14.1. The lowest BCUT2D eigenvalue weighted by atomic mass is 9.85. The summed E-state index contributed by atoms with van der Waals surface area (Å²) in [5.74, 6) is -3.61. The standard InChI is InChI=1S/C36H44N6O9/c1-19-14-25-31(37)27(43)17-26(33(25)46)42(18-28(44)23-10-12-24(13-11-23)40-41-39)35(47)20(2)8-7-9-29(49-5)34(51-36(38)48)22(4)16-21(3)32(45)30(15-19)50-6/h7-13,16-17,19,21,29-30,32,34,45H,14-15,18,37H2,1-6H3,(H2,38,48)/b9-7-,20-8+,22-16+/t19-,21+,29?,30+,32-,34+/m1/s1. The van der Waals surface area contributed by atoms with E-state index in [1.807, 2.05) is 0 Å². The highest BCUT2D eigenvalue weighted by molar-refractivity contribution is 6.23. The van der Waals surface area contributed by atoms with Gasteiger partial charge in [-0.1, -0.05) is 67.5 Å². The van der Waals surface area contributed by atoms with Crippen molar-refractivity contribution in [2.75, 3.05) is 20.8 Å². The first kappa shape index (κ1) is 40.1. The average molecular weight is 705 g/mol. The van der Waals surface area contributed by atoms with Gasteiger partial charge in [0.15, 0.2) is 11.9 Å². The van der Waals surface area contributed by atoms with Crippen molar-refractivity contribution in [3.63, 3.8) is 0 Å². The number of Topliss-reactive ketones (excluding diaryl/α,β-unsaturated/α-hetero) is 2. The Balaban J connectivity index is 2.18. The smallest absolute Gasteiger partial charge is 0.405 e. The van der Waals surface area contributed by atoms with Crippen LogP contribution in [0.5, 0.6) is 0 Å². The maximum Gasteiger partial charge on any atom is 0.405 e. The van der Waals surface area contributed by atoms with E-state index in [4.69, 9.17) is 31.2 Å². The largest absolute Gasteiger partial charge is 0.439 e. The van der Waals surface area contributed by atoms with Gasteiger partial charge in [-0.25, -0.2) is 4.79 Å². The van der Waals surface area contributed by atoms with Crippen molar-refractivity contribution in [3.8, 4) is 0 Å². The van der Waals surface area contributed by atoms with E-state index in [1.165, 1.54) is 63.6 Å². The predicted octanol–water partition coefficient (Wildman–Crippen LogP) is 4.26. The summed E-state index contributed by atoms with van der Waals surface area (Å²) in [6.07, 6.45) is 2.58. The fraction of sp³-hybridized carbons (Fsp3) is 0.417. The van der Waals surface area contributed by atoms with E-state index in [0.29, 0.717) is 5.57 Å². The van der Waals surface area contributed by atoms with Crippen molar-refractivity contribution in [1.82, 2.24) is 4.90 Å². The number of hydrogen-bond acceptors (Lipinski definition) is 11. The summed E-state index contributed by atoms with van der Waals surface area (Å²) >= 11 is 0. The maximum absolute atomic E-state index is 14.1. The molecule has 272 valence electrons. The van der Waals surface area contributed by atoms with Gasteiger partial charge in [0.2, 0.25) is 11.6 Å². The molecule has 1 unspecified atom stereocenters. The summed E-state index contributed by atoms with van der Waals surface area (Å²) in [6, 6.07) is 5.67. The zero-order valence-corrected chi connectivity index (χ0v) is 29.4. The summed E-state index contributed by atoms with van der Waals surface area (Å²) in [7, 11) is 2.83. The van der Waals surface area contributed by atoms with E-state index >= 15 is 0 Å². The first-order valence-corrected chi connectivity index (χ1v) is 16.2. The van der Waals surface area contributed by atoms with Crippen LogP contribution in [0.2, 0.25) is 0 Å². The van der Waals surface area contributed by atoms with Crippen LogP contribution in [0.3, 0.4) is 0 Å². The second kappa shape index (κ2) is 18.1. The van der Waals surface area contributed by atoms with Crippen molar-refractivity contribution in [2.45, 2.75) is 65.0 Å². The molecule has 1 aliphatic heterocycles. The number of aliphatic hydroxyl groups is 1. The molecule has 3 rings (SSSR count). The van der Waals surface area contributed by atoms with Crippen LogP contribution in [-0.4, -0.2) is 84.5 Å². The number of nitrogens with two attached hydrogens (primary N) is 2. The topological polar surface area (TPSA) is 237 Å². The zero-order valence-electron chi connectivity index (χ0n) is 29.4. The molecule has 0 saturated carbocycles. The van der Waals surface area contributed by atoms with Crippen molar-refractivity contribution >= 4 is 35.0 Å². The molecule has 0 saturated heterocycles. The number of carbonyl (C=O) groups excluding carboxylic acids is 5. The summed E-state index contributed by atoms with van der Waals surface area (Å²) in [5.41, 5.74) is 20.6. The normalized spacial score (nSPS) is 28.1. The molecule has 1 heterocycles. The zero-order chi connectivity index (χ0) is 38.0. The van der Waals surface area contributed by atoms with Crippen molar-refractivity contribution in [2.24, 2.45) is 28.4 Å². The number of ether oxygens (including phenoxy) is 3. The van der Waals surface area contributed by atoms with Gasteiger partial charge in [-0.15, -0.1) is 0 Å². The van der Waals surface area contributed by atoms with E-state index in [9.17, 15) is 29.1 Å². The minimum atomic E-state index is -1.06. The Hall–Kier alpha value is -5.34. The molecule has 0 radical (unpaired) electrons. The van der Waals surface area contributed by atoms with Gasteiger partial charge >= 0.3 is 6.09 Å². The number of allylic oxidation sites excluding steroid dienone is 4. The lowest BCUT2D eigenvalue weighted by molar-refractivity contribution is -0.128. The number of hydrogen-bond donors (Lipinski definition) is 3. The van der Waals surface area contributed by atoms with Crippen LogP contribution in [0, 0.1) is 11.8 Å². The molecule has 15 heteroatoms. The van der Waals surface area contributed by atoms with Crippen LogP contribution < -0.4 is 11.5 Å². The van der Waals surface area contributed by atoms with Gasteiger partial charge < -0.3 is 30.8 Å². The molecule has 0 spiro atoms. The first-order chi connectivity index (χ1) is 24.1. The lowest BCUT2D eigenvalue weighted by Gasteiger charge is -2.30. The molecule has 0 fully saturated rings. The number of benzene rings is 1. The van der Waals surface area contributed by atoms with E-state index in [2.05, 4.69) is 10.0 Å². The number of rotatable bonds is 7. The van der Waals surface area contributed by atoms with Crippen LogP contribution in [-0.2, 0) is 28.6 Å². The Morgan fingerprint density at radius 2 is 1.76 bits per heavy atom. The summed E-state index contributed by atoms with van der Waals surface area (Å²) in [4.78, 5) is 70.4. The van der Waals surface area contributed by atoms with E-state index in [-0.39, 0.29) is 52.6 Å². The Labute approximate surface area is 295 Å². The molecular weight excluding hydrogens is 660 g/mol. The quantitative estimate of drug-likeness (QED) is 0.0910. The molecule has 1 aromatic carbocycles. The van der Waals surface area contributed by atoms with Gasteiger partial charge in [0.05, 0.1) is 30.1 Å². The van der Waals surface area contributed by atoms with Crippen molar-refractivity contribution in [1.29, 1.82) is 0 Å². The fourth-order valence-corrected chi connectivity index (χ4v) is 5.95. The summed E-state index contributed by atoms with van der Waals surface area (Å²) < 4.78 is 16.6. The third kappa shape index (κ3) is 10.1. The van der Waals surface area contributed by atoms with Crippen molar-refractivity contribution in [3.05, 3.63) is 98.8 Å². The highest BCUT2D eigenvalue weighted by Gasteiger charge is 2.36. The van der Waals surface area contributed by atoms with E-state index in [0.717, 1.165) is 11.0 Å². The van der Waals surface area contributed by atoms with E-state index < -0.39 is 66.2 Å². The second-order valence-corrected chi connectivity index (χ2v) is 12.5. The second-order valence-electron chi connectivity index (χ2n) is 12.5. The molecule has 0 aromatic heterocycles. The molecule has 2 aliphatic rings. The Morgan fingerprint density at radius 1 is 1.10 bits per heavy atom. The molecule has 51 heavy (non-hydrogen) atoms. The average Bonchev–Trinajstić information content (AvgIpc) is 3.09. The number of methoxy groups -OCH3 is 2. The number of carbonyl (C=O) groups is 5. The number of aliphatic hydroxyl groups excluding tert-OH is 1. The monoisotopic (exact) mass is 704 g/mol. The Morgan fingerprint density at radius 3 is 2.35 bits per heavy atom. The summed E-state index contributed by atoms with van der Waals surface area (Å²) in [6.45, 7) is 6.09. The number of ketones is 3. The predicted molar refractivity (Wildman–Crippen MR) is 187 cm³/mol. The summed E-state index contributed by atoms with van der Waals surface area (Å²) in [5, 5.41) is 14.8. The number of primary amides is 1. The Bertz CT molecular complexity index is 1740. The highest BCUT2D eigenvalue weighted by atomic mass is 16.6. The molecule has 15 nitrogen and oxygen atoms in total. The van der Waals surface area contributed by atoms with Crippen molar-refractivity contribution < 1.29 is 43.3 Å². The highest BCUT2D eigenvalue weighted by Crippen LogP contribution is 2.30. The van der Waals surface area contributed by atoms with Crippen LogP contribution in [0.25, 0.3) is 10.4 Å². The SMILES string of the molecule is COC1/C=C\C=C(/C)C(=O)N(CC(=O)c2ccc(N=[N+]=[N-])cc2)C2=CC(=O)C(N)=C(C[C@@H](C)C[C@H](OC)[C@H](O)[C@@H](C)/C=C(\C)[C@@H]1OC(N)=O)C2=O. The molecule has 1 aliphatic carbocycles. The van der Waals surface area contributed by atoms with Crippen LogP contribution in [0.1, 0.15) is 50.9 Å². The molecular formula is C36H44N6O9. The van der Waals surface area contributed by atoms with Gasteiger partial charge in [-0.3, -0.25) is 24.1 Å². The third-order valence-corrected chi connectivity index (χ3v) is 8.73. The lowest BCUT2D eigenvalue weighted by Crippen LogP contribution is -2.41. The molecule has 6 atom stereocenters. The van der Waals surface area contributed by atoms with Gasteiger partial charge in [0.25, 0.3) is 5.91 Å². The number of azide groups is 1.